The van der Waals surface area contributed by atoms with E-state index in [0.717, 1.165) is 18.5 Å². The minimum absolute atomic E-state index is 0.189. The highest BCUT2D eigenvalue weighted by atomic mass is 16.3. The molecule has 0 unspecified atom stereocenters. The number of nitrogens with one attached hydrogen (secondary N) is 1. The lowest BCUT2D eigenvalue weighted by Crippen LogP contribution is -1.93. The van der Waals surface area contributed by atoms with E-state index in [0.29, 0.717) is 5.82 Å². The highest BCUT2D eigenvalue weighted by molar-refractivity contribution is 5.55. The van der Waals surface area contributed by atoms with Gasteiger partial charge in [0.15, 0.2) is 0 Å². The summed E-state index contributed by atoms with van der Waals surface area (Å²) in [4.78, 5) is 3.85. The Morgan fingerprint density at radius 3 is 3.25 bits per heavy atom. The van der Waals surface area contributed by atoms with Gasteiger partial charge in [-0.05, 0) is 18.1 Å². The van der Waals surface area contributed by atoms with Crippen LogP contribution in [0.2, 0.25) is 0 Å². The highest BCUT2D eigenvalue weighted by Crippen LogP contribution is 2.25. The van der Waals surface area contributed by atoms with Crippen LogP contribution in [0.25, 0.3) is 0 Å². The van der Waals surface area contributed by atoms with Gasteiger partial charge in [0.1, 0.15) is 17.5 Å². The number of fused-ring (bicyclic) bond motifs is 1. The molecule has 4 heteroatoms. The Morgan fingerprint density at radius 2 is 2.50 bits per heavy atom. The molecule has 2 rings (SSSR count). The lowest BCUT2D eigenvalue weighted by molar-refractivity contribution is 0.452. The molecule has 0 atom stereocenters. The Kier molecular flexibility index (Phi) is 1.37. The Balaban J connectivity index is 2.59. The first kappa shape index (κ1) is 6.92. The second-order valence-electron chi connectivity index (χ2n) is 2.66. The summed E-state index contributed by atoms with van der Waals surface area (Å²) >= 11 is 0. The van der Waals surface area contributed by atoms with Crippen molar-refractivity contribution in [2.75, 3.05) is 11.9 Å². The summed E-state index contributed by atoms with van der Waals surface area (Å²) in [5, 5.41) is 20.8. The van der Waals surface area contributed by atoms with Crippen LogP contribution in [0.1, 0.15) is 11.1 Å². The van der Waals surface area contributed by atoms with E-state index in [2.05, 4.69) is 10.3 Å². The molecule has 2 N–H and O–H groups in total. The topological polar surface area (TPSA) is 68.9 Å². The number of nitrogens with zero attached hydrogens (tertiary/aromatic N) is 2. The van der Waals surface area contributed by atoms with Gasteiger partial charge >= 0.3 is 0 Å². The van der Waals surface area contributed by atoms with Crippen LogP contribution in [-0.2, 0) is 6.42 Å². The Hall–Kier alpha value is -1.76. The molecule has 0 saturated heterocycles. The van der Waals surface area contributed by atoms with Gasteiger partial charge in [0.05, 0.1) is 0 Å². The fraction of sp³-hybridized carbons (Fsp3) is 0.250. The van der Waals surface area contributed by atoms with Crippen molar-refractivity contribution in [3.63, 3.8) is 0 Å². The van der Waals surface area contributed by atoms with Crippen LogP contribution in [0, 0.1) is 11.3 Å². The number of rotatable bonds is 0. The molecule has 60 valence electrons. The van der Waals surface area contributed by atoms with Gasteiger partial charge in [-0.2, -0.15) is 10.2 Å². The first-order chi connectivity index (χ1) is 5.81. The lowest BCUT2D eigenvalue weighted by atomic mass is 10.2. The second-order valence-corrected chi connectivity index (χ2v) is 2.66. The molecule has 0 bridgehead atoms. The van der Waals surface area contributed by atoms with Crippen molar-refractivity contribution in [3.05, 3.63) is 17.2 Å². The largest absolute Gasteiger partial charge is 0.492 e. The first-order valence-corrected chi connectivity index (χ1v) is 3.68. The summed E-state index contributed by atoms with van der Waals surface area (Å²) in [7, 11) is 0. The predicted molar refractivity (Wildman–Crippen MR) is 42.8 cm³/mol. The number of anilines is 1. The molecule has 4 nitrogen and oxygen atoms in total. The Morgan fingerprint density at radius 1 is 1.67 bits per heavy atom. The van der Waals surface area contributed by atoms with E-state index >= 15 is 0 Å². The fourth-order valence-electron chi connectivity index (χ4n) is 1.29. The zero-order valence-corrected chi connectivity index (χ0v) is 6.33. The zero-order valence-electron chi connectivity index (χ0n) is 6.33. The van der Waals surface area contributed by atoms with Crippen molar-refractivity contribution in [1.82, 2.24) is 4.98 Å². The summed E-state index contributed by atoms with van der Waals surface area (Å²) in [6, 6.07) is 3.56. The fourth-order valence-corrected chi connectivity index (χ4v) is 1.29. The van der Waals surface area contributed by atoms with Crippen molar-refractivity contribution >= 4 is 5.82 Å². The molecule has 0 amide bonds. The number of pyridine rings is 1. The molecule has 0 aromatic carbocycles. The van der Waals surface area contributed by atoms with Gasteiger partial charge in [-0.25, -0.2) is 0 Å². The van der Waals surface area contributed by atoms with Crippen LogP contribution in [0.15, 0.2) is 6.07 Å². The molecule has 0 spiro atoms. The third kappa shape index (κ3) is 0.873. The van der Waals surface area contributed by atoms with Crippen molar-refractivity contribution in [1.29, 1.82) is 5.26 Å². The average Bonchev–Trinajstić information content (AvgIpc) is 2.49. The number of hydrogen-bond donors (Lipinski definition) is 2. The number of aromatic hydroxyl groups is 1. The SMILES string of the molecule is N#Cc1cc2c(nc1O)NCC2. The normalized spacial score (nSPS) is 13.2. The van der Waals surface area contributed by atoms with Gasteiger partial charge < -0.3 is 10.4 Å². The molecular weight excluding hydrogens is 154 g/mol. The van der Waals surface area contributed by atoms with Crippen molar-refractivity contribution in [3.8, 4) is 11.9 Å². The minimum atomic E-state index is -0.189. The molecule has 0 aliphatic carbocycles. The Labute approximate surface area is 69.5 Å². The lowest BCUT2D eigenvalue weighted by Gasteiger charge is -1.99. The maximum absolute atomic E-state index is 9.20. The van der Waals surface area contributed by atoms with Gasteiger partial charge in [0, 0.05) is 6.54 Å². The van der Waals surface area contributed by atoms with Gasteiger partial charge in [0.2, 0.25) is 5.88 Å². The van der Waals surface area contributed by atoms with E-state index in [1.165, 1.54) is 0 Å². The second kappa shape index (κ2) is 2.38. The average molecular weight is 161 g/mol. The highest BCUT2D eigenvalue weighted by Gasteiger charge is 2.14. The number of hydrogen-bond acceptors (Lipinski definition) is 4. The summed E-state index contributed by atoms with van der Waals surface area (Å²) in [6.07, 6.45) is 0.872. The first-order valence-electron chi connectivity index (χ1n) is 3.68. The third-order valence-corrected chi connectivity index (χ3v) is 1.89. The molecule has 12 heavy (non-hydrogen) atoms. The van der Waals surface area contributed by atoms with Crippen LogP contribution < -0.4 is 5.32 Å². The molecule has 2 heterocycles. The summed E-state index contributed by atoms with van der Waals surface area (Å²) in [6.45, 7) is 0.830. The molecule has 0 fully saturated rings. The van der Waals surface area contributed by atoms with E-state index in [4.69, 9.17) is 5.26 Å². The van der Waals surface area contributed by atoms with Crippen LogP contribution in [0.4, 0.5) is 5.82 Å². The maximum atomic E-state index is 9.20. The van der Waals surface area contributed by atoms with Gasteiger partial charge in [-0.3, -0.25) is 0 Å². The van der Waals surface area contributed by atoms with E-state index in [9.17, 15) is 5.11 Å². The molecule has 1 aromatic rings. The summed E-state index contributed by atoms with van der Waals surface area (Å²) in [5.74, 6) is 0.511. The third-order valence-electron chi connectivity index (χ3n) is 1.89. The Bertz CT molecular complexity index is 367. The van der Waals surface area contributed by atoms with E-state index in [1.54, 1.807) is 6.07 Å². The van der Waals surface area contributed by atoms with Crippen LogP contribution >= 0.6 is 0 Å². The molecule has 1 aliphatic heterocycles. The maximum Gasteiger partial charge on any atom is 0.231 e. The standard InChI is InChI=1S/C8H7N3O/c9-4-6-3-5-1-2-10-7(5)11-8(6)12/h3H,1-2H2,(H2,10,11,12). The summed E-state index contributed by atoms with van der Waals surface area (Å²) < 4.78 is 0. The van der Waals surface area contributed by atoms with Crippen molar-refractivity contribution in [2.45, 2.75) is 6.42 Å². The molecular formula is C8H7N3O. The zero-order chi connectivity index (χ0) is 8.55. The minimum Gasteiger partial charge on any atom is -0.492 e. The summed E-state index contributed by atoms with van der Waals surface area (Å²) in [5.41, 5.74) is 1.25. The molecule has 0 saturated carbocycles. The quantitative estimate of drug-likeness (QED) is 0.585. The van der Waals surface area contributed by atoms with Crippen molar-refractivity contribution in [2.24, 2.45) is 0 Å². The smallest absolute Gasteiger partial charge is 0.231 e. The van der Waals surface area contributed by atoms with E-state index < -0.39 is 0 Å². The predicted octanol–water partition coefficient (Wildman–Crippen LogP) is 0.627. The van der Waals surface area contributed by atoms with Crippen LogP contribution in [0.3, 0.4) is 0 Å². The number of aromatic nitrogens is 1. The van der Waals surface area contributed by atoms with E-state index in [1.807, 2.05) is 6.07 Å². The van der Waals surface area contributed by atoms with E-state index in [-0.39, 0.29) is 11.4 Å². The monoisotopic (exact) mass is 161 g/mol. The van der Waals surface area contributed by atoms with Crippen LogP contribution in [0.5, 0.6) is 5.88 Å². The molecule has 0 radical (unpaired) electrons. The molecule has 1 aromatic heterocycles. The van der Waals surface area contributed by atoms with Crippen molar-refractivity contribution < 1.29 is 5.11 Å². The van der Waals surface area contributed by atoms with Gasteiger partial charge in [-0.15, -0.1) is 0 Å². The number of nitriles is 1. The van der Waals surface area contributed by atoms with Gasteiger partial charge in [0.25, 0.3) is 0 Å². The van der Waals surface area contributed by atoms with Gasteiger partial charge in [-0.1, -0.05) is 0 Å². The molecule has 1 aliphatic rings. The van der Waals surface area contributed by atoms with Crippen LogP contribution in [-0.4, -0.2) is 16.6 Å².